The average Bonchev–Trinajstić information content (AvgIpc) is 2.35. The van der Waals surface area contributed by atoms with Crippen LogP contribution in [0.3, 0.4) is 0 Å². The van der Waals surface area contributed by atoms with E-state index >= 15 is 0 Å². The molecule has 0 heterocycles. The van der Waals surface area contributed by atoms with Gasteiger partial charge in [0.1, 0.15) is 0 Å². The summed E-state index contributed by atoms with van der Waals surface area (Å²) in [6, 6.07) is 0. The minimum absolute atomic E-state index is 0.279. The Morgan fingerprint density at radius 1 is 0.500 bits per heavy atom. The Labute approximate surface area is 118 Å². The molecule has 4 atom stereocenters. The van der Waals surface area contributed by atoms with Gasteiger partial charge in [-0.05, 0) is 0 Å². The molecule has 0 aromatic carbocycles. The summed E-state index contributed by atoms with van der Waals surface area (Å²) in [5.74, 6) is 1.12. The molecule has 0 radical (unpaired) electrons. The second kappa shape index (κ2) is 12.7. The van der Waals surface area contributed by atoms with E-state index in [4.69, 9.17) is 20.4 Å². The second-order valence-corrected chi connectivity index (χ2v) is 4.46. The molecule has 8 heteroatoms. The minimum atomic E-state index is -0.740. The lowest BCUT2D eigenvalue weighted by Crippen LogP contribution is -2.28. The number of thiol groups is 4. The zero-order chi connectivity index (χ0) is 13.1. The summed E-state index contributed by atoms with van der Waals surface area (Å²) in [5, 5.41) is 35.0. The van der Waals surface area contributed by atoms with Crippen molar-refractivity contribution in [1.29, 1.82) is 0 Å². The smallest absolute Gasteiger partial charge is 0.0894 e. The first-order valence-corrected chi connectivity index (χ1v) is 7.13. The highest BCUT2D eigenvalue weighted by molar-refractivity contribution is 7.80. The molecule has 100 valence electrons. The maximum absolute atomic E-state index is 8.75. The van der Waals surface area contributed by atoms with Gasteiger partial charge in [0.2, 0.25) is 0 Å². The van der Waals surface area contributed by atoms with Crippen LogP contribution < -0.4 is 0 Å². The van der Waals surface area contributed by atoms with Crippen molar-refractivity contribution in [2.45, 2.75) is 24.4 Å². The summed E-state index contributed by atoms with van der Waals surface area (Å²) in [5.41, 5.74) is 0. The summed E-state index contributed by atoms with van der Waals surface area (Å²) in [7, 11) is 0. The zero-order valence-corrected chi connectivity index (χ0v) is 12.3. The van der Waals surface area contributed by atoms with Gasteiger partial charge in [0.25, 0.3) is 0 Å². The van der Waals surface area contributed by atoms with Gasteiger partial charge < -0.3 is 20.4 Å². The Bertz CT molecular complexity index is 120. The monoisotopic (exact) mass is 308 g/mol. The van der Waals surface area contributed by atoms with E-state index in [1.165, 1.54) is 0 Å². The maximum atomic E-state index is 8.75. The lowest BCUT2D eigenvalue weighted by atomic mass is 10.3. The highest BCUT2D eigenvalue weighted by Crippen LogP contribution is 1.97. The normalized spacial score (nSPS) is 18.0. The number of hydrogen-bond donors (Lipinski definition) is 8. The fourth-order valence-electron chi connectivity index (χ4n) is 0.487. The lowest BCUT2D eigenvalue weighted by Gasteiger charge is -2.11. The molecule has 0 saturated heterocycles. The van der Waals surface area contributed by atoms with Gasteiger partial charge in [0.15, 0.2) is 0 Å². The van der Waals surface area contributed by atoms with Crippen LogP contribution in [0.25, 0.3) is 0 Å². The van der Waals surface area contributed by atoms with E-state index in [0.717, 1.165) is 0 Å². The molecule has 0 aliphatic rings. The van der Waals surface area contributed by atoms with E-state index in [1.54, 1.807) is 0 Å². The van der Waals surface area contributed by atoms with Crippen LogP contribution in [0.5, 0.6) is 0 Å². The van der Waals surface area contributed by atoms with Crippen LogP contribution in [0.2, 0.25) is 0 Å². The van der Waals surface area contributed by atoms with Crippen molar-refractivity contribution in [3.05, 3.63) is 0 Å². The second-order valence-electron chi connectivity index (χ2n) is 3.00. The van der Waals surface area contributed by atoms with Crippen LogP contribution in [0.4, 0.5) is 0 Å². The average molecular weight is 309 g/mol. The SMILES string of the molecule is O[C@H](CS)[C@@H](O)CS.O[C@H](CS)[C@@H](O)CS. The van der Waals surface area contributed by atoms with Crippen molar-refractivity contribution in [2.24, 2.45) is 0 Å². The standard InChI is InChI=1S/2C4H10O2S2/c2*5-3(1-7)4(6)2-8/h2*3-8H,1-2H2/t2*3-,4+. The predicted molar refractivity (Wildman–Crippen MR) is 79.4 cm³/mol. The highest BCUT2D eigenvalue weighted by atomic mass is 32.1. The highest BCUT2D eigenvalue weighted by Gasteiger charge is 2.11. The van der Waals surface area contributed by atoms with Gasteiger partial charge in [-0.2, -0.15) is 50.5 Å². The molecule has 0 rings (SSSR count). The first kappa shape index (κ1) is 19.6. The Hall–Kier alpha value is 1.24. The van der Waals surface area contributed by atoms with E-state index in [9.17, 15) is 0 Å². The summed E-state index contributed by atoms with van der Waals surface area (Å²) in [6.07, 6.45) is -2.96. The van der Waals surface area contributed by atoms with E-state index in [1.807, 2.05) is 0 Å². The van der Waals surface area contributed by atoms with Crippen molar-refractivity contribution < 1.29 is 20.4 Å². The van der Waals surface area contributed by atoms with Gasteiger partial charge in [-0.1, -0.05) is 0 Å². The topological polar surface area (TPSA) is 80.9 Å². The largest absolute Gasteiger partial charge is 0.390 e. The van der Waals surface area contributed by atoms with Gasteiger partial charge in [-0.3, -0.25) is 0 Å². The molecule has 0 aromatic heterocycles. The van der Waals surface area contributed by atoms with E-state index in [-0.39, 0.29) is 23.0 Å². The quantitative estimate of drug-likeness (QED) is 0.307. The van der Waals surface area contributed by atoms with Gasteiger partial charge in [0.05, 0.1) is 24.4 Å². The third-order valence-corrected chi connectivity index (χ3v) is 3.13. The number of hydrogen-bond acceptors (Lipinski definition) is 8. The molecule has 0 aliphatic heterocycles. The summed E-state index contributed by atoms with van der Waals surface area (Å²) in [4.78, 5) is 0. The first-order chi connectivity index (χ1) is 7.44. The molecule has 0 bridgehead atoms. The molecule has 4 nitrogen and oxygen atoms in total. The van der Waals surface area contributed by atoms with Crippen molar-refractivity contribution in [3.8, 4) is 0 Å². The molecule has 0 spiro atoms. The third-order valence-electron chi connectivity index (χ3n) is 1.64. The molecule has 0 aromatic rings. The van der Waals surface area contributed by atoms with E-state index in [2.05, 4.69) is 50.5 Å². The zero-order valence-electron chi connectivity index (χ0n) is 8.72. The summed E-state index contributed by atoms with van der Waals surface area (Å²) < 4.78 is 0. The Morgan fingerprint density at radius 2 is 0.625 bits per heavy atom. The number of aliphatic hydroxyl groups is 4. The molecule has 0 amide bonds. The van der Waals surface area contributed by atoms with Crippen LogP contribution >= 0.6 is 50.5 Å². The van der Waals surface area contributed by atoms with E-state index in [0.29, 0.717) is 0 Å². The first-order valence-electron chi connectivity index (χ1n) is 4.60. The molecule has 16 heavy (non-hydrogen) atoms. The van der Waals surface area contributed by atoms with Crippen LogP contribution in [0.15, 0.2) is 0 Å². The van der Waals surface area contributed by atoms with Gasteiger partial charge in [-0.15, -0.1) is 0 Å². The fourth-order valence-corrected chi connectivity index (χ4v) is 1.46. The number of rotatable bonds is 6. The molecule has 0 fully saturated rings. The molecular formula is C8H20O4S4. The van der Waals surface area contributed by atoms with Crippen molar-refractivity contribution >= 4 is 50.5 Å². The maximum Gasteiger partial charge on any atom is 0.0894 e. The molecular weight excluding hydrogens is 288 g/mol. The Balaban J connectivity index is 0. The molecule has 0 unspecified atom stereocenters. The predicted octanol–water partition coefficient (Wildman–Crippen LogP) is -0.864. The molecule has 0 aliphatic carbocycles. The number of aliphatic hydroxyl groups excluding tert-OH is 4. The Morgan fingerprint density at radius 3 is 0.688 bits per heavy atom. The van der Waals surface area contributed by atoms with Crippen molar-refractivity contribution in [3.63, 3.8) is 0 Å². The van der Waals surface area contributed by atoms with Crippen LogP contribution in [-0.2, 0) is 0 Å². The van der Waals surface area contributed by atoms with Crippen LogP contribution in [-0.4, -0.2) is 67.9 Å². The summed E-state index contributed by atoms with van der Waals surface area (Å²) in [6.45, 7) is 0. The van der Waals surface area contributed by atoms with Gasteiger partial charge in [0, 0.05) is 23.0 Å². The van der Waals surface area contributed by atoms with Gasteiger partial charge >= 0.3 is 0 Å². The van der Waals surface area contributed by atoms with Crippen LogP contribution in [0, 0.1) is 0 Å². The molecule has 4 N–H and O–H groups in total. The van der Waals surface area contributed by atoms with Crippen molar-refractivity contribution in [1.82, 2.24) is 0 Å². The third kappa shape index (κ3) is 10.4. The molecule has 0 saturated carbocycles. The van der Waals surface area contributed by atoms with Crippen molar-refractivity contribution in [2.75, 3.05) is 23.0 Å². The van der Waals surface area contributed by atoms with Crippen LogP contribution in [0.1, 0.15) is 0 Å². The fraction of sp³-hybridized carbons (Fsp3) is 1.00. The van der Waals surface area contributed by atoms with Gasteiger partial charge in [-0.25, -0.2) is 0 Å². The lowest BCUT2D eigenvalue weighted by molar-refractivity contribution is 0.0504. The summed E-state index contributed by atoms with van der Waals surface area (Å²) >= 11 is 15.1. The van der Waals surface area contributed by atoms with E-state index < -0.39 is 24.4 Å². The minimum Gasteiger partial charge on any atom is -0.390 e. The Kier molecular flexibility index (Phi) is 15.5.